The van der Waals surface area contributed by atoms with E-state index in [1.54, 1.807) is 21.4 Å². The van der Waals surface area contributed by atoms with E-state index in [1.807, 2.05) is 24.3 Å². The van der Waals surface area contributed by atoms with Crippen LogP contribution in [0.5, 0.6) is 5.75 Å². The number of hydrogen-bond donors (Lipinski definition) is 2. The Hall–Kier alpha value is -3.94. The molecule has 0 aliphatic carbocycles. The largest absolute Gasteiger partial charge is 0.490 e. The third-order valence-corrected chi connectivity index (χ3v) is 8.87. The highest BCUT2D eigenvalue weighted by molar-refractivity contribution is 7.17. The van der Waals surface area contributed by atoms with Crippen LogP contribution in [0.25, 0.3) is 27.3 Å². The maximum atomic E-state index is 15.0. The van der Waals surface area contributed by atoms with Gasteiger partial charge in [0.05, 0.1) is 17.5 Å². The van der Waals surface area contributed by atoms with Crippen LogP contribution < -0.4 is 25.6 Å². The number of nitrogen functional groups attached to an aromatic ring is 1. The van der Waals surface area contributed by atoms with Gasteiger partial charge in [0.2, 0.25) is 5.95 Å². The first-order valence-electron chi connectivity index (χ1n) is 13.9. The smallest absolute Gasteiger partial charge is 0.309 e. The minimum atomic E-state index is -0.258. The average molecular weight is 579 g/mol. The molecule has 41 heavy (non-hydrogen) atoms. The van der Waals surface area contributed by atoms with E-state index in [1.165, 1.54) is 6.07 Å². The number of halogens is 1. The Balaban J connectivity index is 1.01. The number of thiazole rings is 1. The van der Waals surface area contributed by atoms with Gasteiger partial charge in [-0.05, 0) is 56.3 Å². The van der Waals surface area contributed by atoms with Crippen LogP contribution in [0.4, 0.5) is 16.0 Å². The predicted octanol–water partition coefficient (Wildman–Crippen LogP) is 3.04. The van der Waals surface area contributed by atoms with Gasteiger partial charge in [-0.25, -0.2) is 4.39 Å². The zero-order chi connectivity index (χ0) is 27.9. The van der Waals surface area contributed by atoms with Crippen LogP contribution in [0, 0.1) is 5.82 Å². The number of benzene rings is 1. The number of piperazine rings is 1. The monoisotopic (exact) mass is 578 g/mol. The van der Waals surface area contributed by atoms with Crippen LogP contribution in [0.3, 0.4) is 0 Å². The molecule has 11 nitrogen and oxygen atoms in total. The highest BCUT2D eigenvalue weighted by Gasteiger charge is 2.23. The number of fused-ring (bicyclic) bond motifs is 3. The van der Waals surface area contributed by atoms with Gasteiger partial charge in [-0.3, -0.25) is 14.3 Å². The summed E-state index contributed by atoms with van der Waals surface area (Å²) in [5.41, 5.74) is 8.74. The first kappa shape index (κ1) is 26.0. The third kappa shape index (κ3) is 5.04. The number of rotatable bonds is 7. The quantitative estimate of drug-likeness (QED) is 0.300. The highest BCUT2D eigenvalue weighted by atomic mass is 32.1. The number of aromatic nitrogens is 4. The summed E-state index contributed by atoms with van der Waals surface area (Å²) in [5.74, 6) is 1.16. The molecule has 0 unspecified atom stereocenters. The molecule has 7 rings (SSSR count). The normalized spacial score (nSPS) is 17.1. The molecule has 2 saturated heterocycles. The number of hydrogen-bond acceptors (Lipinski definition) is 10. The van der Waals surface area contributed by atoms with Gasteiger partial charge in [-0.2, -0.15) is 14.6 Å². The molecule has 0 amide bonds. The van der Waals surface area contributed by atoms with Crippen LogP contribution in [-0.4, -0.2) is 76.0 Å². The molecule has 0 radical (unpaired) electrons. The molecule has 0 bridgehead atoms. The lowest BCUT2D eigenvalue weighted by atomic mass is 10.1. The molecule has 0 spiro atoms. The van der Waals surface area contributed by atoms with E-state index >= 15 is 4.39 Å². The summed E-state index contributed by atoms with van der Waals surface area (Å²) < 4.78 is 30.5. The van der Waals surface area contributed by atoms with Crippen molar-refractivity contribution < 1.29 is 13.5 Å². The first-order chi connectivity index (χ1) is 20.0. The number of nitrogens with two attached hydrogens (primary N) is 1. The van der Waals surface area contributed by atoms with E-state index in [0.717, 1.165) is 60.6 Å². The van der Waals surface area contributed by atoms with Crippen molar-refractivity contribution in [2.75, 3.05) is 56.4 Å². The first-order valence-corrected chi connectivity index (χ1v) is 14.7. The second kappa shape index (κ2) is 10.8. The number of nitrogens with zero attached hydrogens (tertiary/aromatic N) is 6. The predicted molar refractivity (Wildman–Crippen MR) is 156 cm³/mol. The zero-order valence-corrected chi connectivity index (χ0v) is 23.3. The van der Waals surface area contributed by atoms with E-state index < -0.39 is 0 Å². The topological polar surface area (TPSA) is 119 Å². The van der Waals surface area contributed by atoms with E-state index in [9.17, 15) is 4.79 Å². The van der Waals surface area contributed by atoms with Crippen molar-refractivity contribution in [3.63, 3.8) is 0 Å². The minimum Gasteiger partial charge on any atom is -0.490 e. The fourth-order valence-corrected chi connectivity index (χ4v) is 6.63. The van der Waals surface area contributed by atoms with Crippen molar-refractivity contribution in [3.05, 3.63) is 58.1 Å². The second-order valence-corrected chi connectivity index (χ2v) is 11.4. The molecule has 214 valence electrons. The molecule has 2 aliphatic rings. The lowest BCUT2D eigenvalue weighted by molar-refractivity contribution is 0.162. The van der Waals surface area contributed by atoms with Gasteiger partial charge in [-0.15, -0.1) is 0 Å². The number of ether oxygens (including phenoxy) is 1. The molecule has 2 fully saturated rings. The van der Waals surface area contributed by atoms with Crippen molar-refractivity contribution in [1.82, 2.24) is 29.4 Å². The van der Waals surface area contributed by atoms with Crippen LogP contribution in [0.2, 0.25) is 0 Å². The van der Waals surface area contributed by atoms with Crippen LogP contribution in [0.1, 0.15) is 12.8 Å². The average Bonchev–Trinajstić information content (AvgIpc) is 3.73. The molecule has 0 saturated carbocycles. The van der Waals surface area contributed by atoms with Gasteiger partial charge in [0, 0.05) is 45.3 Å². The molecule has 5 aromatic rings. The van der Waals surface area contributed by atoms with E-state index in [4.69, 9.17) is 14.9 Å². The Morgan fingerprint density at radius 2 is 1.95 bits per heavy atom. The van der Waals surface area contributed by atoms with E-state index in [0.29, 0.717) is 54.7 Å². The van der Waals surface area contributed by atoms with Crippen molar-refractivity contribution in [3.8, 4) is 17.2 Å². The Kier molecular flexibility index (Phi) is 6.85. The molecule has 2 aliphatic heterocycles. The fraction of sp³-hybridized carbons (Fsp3) is 0.393. The van der Waals surface area contributed by atoms with Crippen LogP contribution in [-0.2, 0) is 6.54 Å². The maximum absolute atomic E-state index is 15.0. The third-order valence-electron chi connectivity index (χ3n) is 7.88. The van der Waals surface area contributed by atoms with Gasteiger partial charge < -0.3 is 25.1 Å². The minimum absolute atomic E-state index is 0.0896. The summed E-state index contributed by atoms with van der Waals surface area (Å²) in [5, 5.41) is 7.83. The molecule has 13 heteroatoms. The Bertz CT molecular complexity index is 1730. The van der Waals surface area contributed by atoms with E-state index in [-0.39, 0.29) is 22.7 Å². The fourth-order valence-electron chi connectivity index (χ4n) is 5.67. The van der Waals surface area contributed by atoms with Gasteiger partial charge in [0.15, 0.2) is 11.4 Å². The van der Waals surface area contributed by atoms with Gasteiger partial charge in [-0.1, -0.05) is 11.3 Å². The summed E-state index contributed by atoms with van der Waals surface area (Å²) in [4.78, 5) is 21.8. The van der Waals surface area contributed by atoms with Crippen molar-refractivity contribution in [2.24, 2.45) is 0 Å². The summed E-state index contributed by atoms with van der Waals surface area (Å²) >= 11 is 1.14. The molecular weight excluding hydrogens is 547 g/mol. The van der Waals surface area contributed by atoms with E-state index in [2.05, 4.69) is 25.2 Å². The molecule has 0 atom stereocenters. The lowest BCUT2D eigenvalue weighted by Crippen LogP contribution is -2.47. The van der Waals surface area contributed by atoms with Gasteiger partial charge in [0.1, 0.15) is 28.1 Å². The molecule has 6 heterocycles. The second-order valence-electron chi connectivity index (χ2n) is 10.5. The molecule has 1 aromatic carbocycles. The lowest BCUT2D eigenvalue weighted by Gasteiger charge is -2.36. The highest BCUT2D eigenvalue weighted by Crippen LogP contribution is 2.29. The summed E-state index contributed by atoms with van der Waals surface area (Å²) in [7, 11) is 0. The molecule has 3 N–H and O–H groups in total. The standard InChI is InChI=1S/C28H31FN8O3S/c29-20-16-19(40-18-5-7-31-8-6-18)3-4-22(20)35-12-9-34(10-13-35)11-14-36-26-25(41-28(36)38)23-17-21(24-2-1-15-39-24)33-37(23)27(30)32-26/h1-4,15-18,31H,5-14H2,(H2,30,32). The number of nitrogens with one attached hydrogen (secondary N) is 1. The van der Waals surface area contributed by atoms with Crippen LogP contribution >= 0.6 is 11.3 Å². The van der Waals surface area contributed by atoms with Crippen LogP contribution in [0.15, 0.2) is 51.9 Å². The summed E-state index contributed by atoms with van der Waals surface area (Å²) in [6.45, 7) is 5.94. The number of furan rings is 1. The Labute approximate surface area is 238 Å². The van der Waals surface area contributed by atoms with Crippen molar-refractivity contribution in [1.29, 1.82) is 0 Å². The maximum Gasteiger partial charge on any atom is 0.309 e. The van der Waals surface area contributed by atoms with Gasteiger partial charge >= 0.3 is 4.87 Å². The Morgan fingerprint density at radius 3 is 2.71 bits per heavy atom. The number of piperidine rings is 1. The molecule has 4 aromatic heterocycles. The van der Waals surface area contributed by atoms with Crippen molar-refractivity contribution in [2.45, 2.75) is 25.5 Å². The molecular formula is C28H31FN8O3S. The van der Waals surface area contributed by atoms with Gasteiger partial charge in [0.25, 0.3) is 0 Å². The van der Waals surface area contributed by atoms with Crippen molar-refractivity contribution >= 4 is 38.8 Å². The SMILES string of the molecule is Nc1nc2c(sc(=O)n2CCN2CCN(c3ccc(OC4CCNCC4)cc3F)CC2)c2cc(-c3ccco3)nn12. The number of anilines is 2. The zero-order valence-electron chi connectivity index (χ0n) is 22.5. The Morgan fingerprint density at radius 1 is 1.12 bits per heavy atom. The summed E-state index contributed by atoms with van der Waals surface area (Å²) in [6.07, 6.45) is 3.59. The summed E-state index contributed by atoms with van der Waals surface area (Å²) in [6, 6.07) is 10.7.